The highest BCUT2D eigenvalue weighted by atomic mass is 19.1. The molecule has 2 heterocycles. The second-order valence-electron chi connectivity index (χ2n) is 5.22. The topological polar surface area (TPSA) is 60.9 Å². The van der Waals surface area contributed by atoms with E-state index in [1.807, 2.05) is 0 Å². The molecule has 20 heavy (non-hydrogen) atoms. The minimum Gasteiger partial charge on any atom is -0.394 e. The molecule has 2 aliphatic rings. The summed E-state index contributed by atoms with van der Waals surface area (Å²) in [6.45, 7) is 0.454. The summed E-state index contributed by atoms with van der Waals surface area (Å²) < 4.78 is 12.8. The highest BCUT2D eigenvalue weighted by Gasteiger charge is 2.46. The number of piperazine rings is 1. The molecule has 0 bridgehead atoms. The summed E-state index contributed by atoms with van der Waals surface area (Å²) in [6, 6.07) is 5.21. The minimum absolute atomic E-state index is 0.00204. The standard InChI is InChI=1S/C14H15FN2O3/c15-10-3-1-9(2-4-10)14(20)16-6-11-5-12(8-18)17(11)13(19)7-16/h1-4,11-12,18H,5-8H2/t11-,12?/m1/s1. The lowest BCUT2D eigenvalue weighted by Gasteiger charge is -2.53. The Labute approximate surface area is 115 Å². The highest BCUT2D eigenvalue weighted by molar-refractivity contribution is 5.97. The molecule has 0 aromatic heterocycles. The van der Waals surface area contributed by atoms with Crippen LogP contribution in [-0.4, -0.2) is 58.5 Å². The van der Waals surface area contributed by atoms with Gasteiger partial charge in [0, 0.05) is 12.1 Å². The normalized spacial score (nSPS) is 25.2. The molecule has 0 saturated carbocycles. The average molecular weight is 278 g/mol. The summed E-state index contributed by atoms with van der Waals surface area (Å²) in [4.78, 5) is 27.4. The maximum Gasteiger partial charge on any atom is 0.254 e. The summed E-state index contributed by atoms with van der Waals surface area (Å²) in [5.41, 5.74) is 0.380. The first-order valence-corrected chi connectivity index (χ1v) is 6.57. The van der Waals surface area contributed by atoms with Crippen molar-refractivity contribution < 1.29 is 19.1 Å². The summed E-state index contributed by atoms with van der Waals surface area (Å²) in [7, 11) is 0. The third kappa shape index (κ3) is 2.06. The van der Waals surface area contributed by atoms with Gasteiger partial charge in [-0.15, -0.1) is 0 Å². The maximum absolute atomic E-state index is 12.8. The largest absolute Gasteiger partial charge is 0.394 e. The highest BCUT2D eigenvalue weighted by Crippen LogP contribution is 2.30. The molecule has 5 nitrogen and oxygen atoms in total. The van der Waals surface area contributed by atoms with E-state index < -0.39 is 5.82 Å². The number of benzene rings is 1. The fraction of sp³-hybridized carbons (Fsp3) is 0.429. The Kier molecular flexibility index (Phi) is 3.17. The van der Waals surface area contributed by atoms with Gasteiger partial charge in [-0.2, -0.15) is 0 Å². The first kappa shape index (κ1) is 13.1. The van der Waals surface area contributed by atoms with E-state index in [9.17, 15) is 14.0 Å². The van der Waals surface area contributed by atoms with E-state index in [0.717, 1.165) is 6.42 Å². The Morgan fingerprint density at radius 1 is 1.35 bits per heavy atom. The van der Waals surface area contributed by atoms with Crippen molar-refractivity contribution in [3.8, 4) is 0 Å². The van der Waals surface area contributed by atoms with Crippen molar-refractivity contribution in [1.82, 2.24) is 9.80 Å². The van der Waals surface area contributed by atoms with Gasteiger partial charge in [0.25, 0.3) is 5.91 Å². The molecule has 0 aliphatic carbocycles. The molecule has 6 heteroatoms. The maximum atomic E-state index is 12.8. The van der Waals surface area contributed by atoms with Gasteiger partial charge in [-0.1, -0.05) is 0 Å². The smallest absolute Gasteiger partial charge is 0.254 e. The molecule has 3 rings (SSSR count). The van der Waals surface area contributed by atoms with E-state index in [0.29, 0.717) is 12.1 Å². The predicted octanol–water partition coefficient (Wildman–Crippen LogP) is 0.243. The number of fused-ring (bicyclic) bond motifs is 1. The van der Waals surface area contributed by atoms with Crippen LogP contribution < -0.4 is 0 Å². The molecule has 1 unspecified atom stereocenters. The number of halogens is 1. The van der Waals surface area contributed by atoms with Gasteiger partial charge < -0.3 is 14.9 Å². The lowest BCUT2D eigenvalue weighted by Crippen LogP contribution is -2.69. The molecule has 1 aromatic carbocycles. The molecule has 2 saturated heterocycles. The van der Waals surface area contributed by atoms with Crippen LogP contribution >= 0.6 is 0 Å². The molecule has 106 valence electrons. The number of aliphatic hydroxyl groups is 1. The Morgan fingerprint density at radius 2 is 2.05 bits per heavy atom. The predicted molar refractivity (Wildman–Crippen MR) is 68.4 cm³/mol. The van der Waals surface area contributed by atoms with E-state index >= 15 is 0 Å². The van der Waals surface area contributed by atoms with E-state index in [-0.39, 0.29) is 37.0 Å². The van der Waals surface area contributed by atoms with Crippen LogP contribution in [0.5, 0.6) is 0 Å². The van der Waals surface area contributed by atoms with Crippen molar-refractivity contribution >= 4 is 11.8 Å². The molecule has 2 fully saturated rings. The number of nitrogens with zero attached hydrogens (tertiary/aromatic N) is 2. The zero-order chi connectivity index (χ0) is 14.3. The van der Waals surface area contributed by atoms with Gasteiger partial charge in [-0.25, -0.2) is 4.39 Å². The number of rotatable bonds is 2. The summed E-state index contributed by atoms with van der Waals surface area (Å²) in [5.74, 6) is -0.792. The summed E-state index contributed by atoms with van der Waals surface area (Å²) in [5, 5.41) is 9.11. The number of carbonyl (C=O) groups excluding carboxylic acids is 2. The third-order valence-corrected chi connectivity index (χ3v) is 3.97. The molecule has 1 N–H and O–H groups in total. The van der Waals surface area contributed by atoms with E-state index in [1.54, 1.807) is 4.90 Å². The monoisotopic (exact) mass is 278 g/mol. The van der Waals surface area contributed by atoms with Crippen molar-refractivity contribution in [1.29, 1.82) is 0 Å². The van der Waals surface area contributed by atoms with Crippen LogP contribution in [-0.2, 0) is 4.79 Å². The van der Waals surface area contributed by atoms with Gasteiger partial charge in [0.2, 0.25) is 5.91 Å². The zero-order valence-corrected chi connectivity index (χ0v) is 10.8. The summed E-state index contributed by atoms with van der Waals surface area (Å²) >= 11 is 0. The first-order chi connectivity index (χ1) is 9.60. The van der Waals surface area contributed by atoms with Gasteiger partial charge >= 0.3 is 0 Å². The van der Waals surface area contributed by atoms with E-state index in [4.69, 9.17) is 5.11 Å². The molecule has 1 aromatic rings. The van der Waals surface area contributed by atoms with Crippen LogP contribution in [0, 0.1) is 5.82 Å². The number of hydrogen-bond acceptors (Lipinski definition) is 3. The Bertz CT molecular complexity index is 546. The number of hydrogen-bond donors (Lipinski definition) is 1. The van der Waals surface area contributed by atoms with Crippen molar-refractivity contribution in [3.63, 3.8) is 0 Å². The van der Waals surface area contributed by atoms with Gasteiger partial charge in [-0.3, -0.25) is 9.59 Å². The Morgan fingerprint density at radius 3 is 2.65 bits per heavy atom. The molecule has 0 radical (unpaired) electrons. The van der Waals surface area contributed by atoms with Crippen LogP contribution in [0.1, 0.15) is 16.8 Å². The van der Waals surface area contributed by atoms with Crippen LogP contribution in [0.4, 0.5) is 4.39 Å². The second kappa shape index (κ2) is 4.86. The Hall–Kier alpha value is -1.95. The van der Waals surface area contributed by atoms with E-state index in [2.05, 4.69) is 0 Å². The van der Waals surface area contributed by atoms with Crippen LogP contribution in [0.3, 0.4) is 0 Å². The van der Waals surface area contributed by atoms with Crippen molar-refractivity contribution in [2.75, 3.05) is 19.7 Å². The zero-order valence-electron chi connectivity index (χ0n) is 10.8. The average Bonchev–Trinajstić information content (AvgIpc) is 2.40. The quantitative estimate of drug-likeness (QED) is 0.843. The lowest BCUT2D eigenvalue weighted by atomic mass is 9.90. The van der Waals surface area contributed by atoms with Crippen LogP contribution in [0.2, 0.25) is 0 Å². The van der Waals surface area contributed by atoms with Gasteiger partial charge in [0.1, 0.15) is 12.4 Å². The van der Waals surface area contributed by atoms with E-state index in [1.165, 1.54) is 29.2 Å². The molecular weight excluding hydrogens is 263 g/mol. The first-order valence-electron chi connectivity index (χ1n) is 6.57. The molecule has 0 spiro atoms. The molecule has 2 aliphatic heterocycles. The van der Waals surface area contributed by atoms with Gasteiger partial charge in [0.05, 0.1) is 18.7 Å². The van der Waals surface area contributed by atoms with Crippen LogP contribution in [0.15, 0.2) is 24.3 Å². The second-order valence-corrected chi connectivity index (χ2v) is 5.22. The van der Waals surface area contributed by atoms with Gasteiger partial charge in [0.15, 0.2) is 0 Å². The van der Waals surface area contributed by atoms with Gasteiger partial charge in [-0.05, 0) is 30.7 Å². The Balaban J connectivity index is 1.72. The minimum atomic E-state index is -0.396. The number of amides is 2. The third-order valence-electron chi connectivity index (χ3n) is 3.97. The SMILES string of the molecule is O=C(c1ccc(F)cc1)N1CC(=O)N2C(CO)C[C@@H]2C1. The fourth-order valence-corrected chi connectivity index (χ4v) is 2.93. The fourth-order valence-electron chi connectivity index (χ4n) is 2.93. The number of aliphatic hydroxyl groups excluding tert-OH is 1. The molecule has 2 amide bonds. The lowest BCUT2D eigenvalue weighted by molar-refractivity contribution is -0.155. The molecular formula is C14H15FN2O3. The summed E-state index contributed by atoms with van der Waals surface area (Å²) in [6.07, 6.45) is 0.718. The molecule has 2 atom stereocenters. The van der Waals surface area contributed by atoms with Crippen LogP contribution in [0.25, 0.3) is 0 Å². The number of carbonyl (C=O) groups is 2. The van der Waals surface area contributed by atoms with Crippen molar-refractivity contribution in [2.24, 2.45) is 0 Å². The van der Waals surface area contributed by atoms with Crippen molar-refractivity contribution in [2.45, 2.75) is 18.5 Å². The van der Waals surface area contributed by atoms with Crippen molar-refractivity contribution in [3.05, 3.63) is 35.6 Å².